The zero-order chi connectivity index (χ0) is 20.6. The van der Waals surface area contributed by atoms with Crippen molar-refractivity contribution in [2.45, 2.75) is 20.0 Å². The lowest BCUT2D eigenvalue weighted by atomic mass is 10.1. The lowest BCUT2D eigenvalue weighted by Gasteiger charge is -2.16. The number of methoxy groups -OCH3 is 1. The number of guanidine groups is 1. The molecule has 0 aliphatic rings. The predicted molar refractivity (Wildman–Crippen MR) is 121 cm³/mol. The number of para-hydroxylation sites is 2. The third-order valence-corrected chi connectivity index (χ3v) is 4.64. The standard InChI is InChI=1S/C23H29N5O/c1-5-24-23(25-15-17-10-6-9-13-21(17)29-4)26-16-18-14-22(28(2)3)27-20-12-8-7-11-19(18)20/h6-14H,5,15-16H2,1-4H3,(H2,24,25,26). The third-order valence-electron chi connectivity index (χ3n) is 4.64. The topological polar surface area (TPSA) is 61.8 Å². The highest BCUT2D eigenvalue weighted by molar-refractivity contribution is 5.85. The fourth-order valence-corrected chi connectivity index (χ4v) is 3.13. The van der Waals surface area contributed by atoms with Crippen LogP contribution in [0, 0.1) is 0 Å². The summed E-state index contributed by atoms with van der Waals surface area (Å²) in [5.74, 6) is 2.57. The molecule has 2 N–H and O–H groups in total. The molecule has 0 fully saturated rings. The van der Waals surface area contributed by atoms with Crippen LogP contribution in [0.4, 0.5) is 5.82 Å². The number of ether oxygens (including phenoxy) is 1. The van der Waals surface area contributed by atoms with Gasteiger partial charge in [-0.1, -0.05) is 36.4 Å². The van der Waals surface area contributed by atoms with Crippen LogP contribution >= 0.6 is 0 Å². The van der Waals surface area contributed by atoms with Gasteiger partial charge in [0.1, 0.15) is 11.6 Å². The summed E-state index contributed by atoms with van der Waals surface area (Å²) in [6.45, 7) is 4.05. The maximum absolute atomic E-state index is 5.44. The number of nitrogens with zero attached hydrogens (tertiary/aromatic N) is 3. The zero-order valence-electron chi connectivity index (χ0n) is 17.6. The Kier molecular flexibility index (Phi) is 6.89. The summed E-state index contributed by atoms with van der Waals surface area (Å²) in [7, 11) is 5.70. The van der Waals surface area contributed by atoms with Gasteiger partial charge < -0.3 is 20.3 Å². The first-order valence-electron chi connectivity index (χ1n) is 9.82. The van der Waals surface area contributed by atoms with Crippen LogP contribution in [0.5, 0.6) is 5.75 Å². The van der Waals surface area contributed by atoms with Crippen molar-refractivity contribution in [2.75, 3.05) is 32.6 Å². The van der Waals surface area contributed by atoms with E-state index in [9.17, 15) is 0 Å². The van der Waals surface area contributed by atoms with Crippen molar-refractivity contribution in [3.8, 4) is 5.75 Å². The van der Waals surface area contributed by atoms with Crippen molar-refractivity contribution in [1.82, 2.24) is 15.6 Å². The molecule has 0 bridgehead atoms. The van der Waals surface area contributed by atoms with Gasteiger partial charge in [0.2, 0.25) is 0 Å². The quantitative estimate of drug-likeness (QED) is 0.476. The van der Waals surface area contributed by atoms with E-state index in [4.69, 9.17) is 14.7 Å². The Labute approximate surface area is 172 Å². The number of rotatable bonds is 7. The number of anilines is 1. The number of fused-ring (bicyclic) bond motifs is 1. The molecule has 6 heteroatoms. The van der Waals surface area contributed by atoms with E-state index >= 15 is 0 Å². The van der Waals surface area contributed by atoms with Crippen LogP contribution in [0.3, 0.4) is 0 Å². The Morgan fingerprint density at radius 1 is 1.03 bits per heavy atom. The van der Waals surface area contributed by atoms with Crippen LogP contribution in [0.15, 0.2) is 59.6 Å². The summed E-state index contributed by atoms with van der Waals surface area (Å²) in [5, 5.41) is 7.85. The van der Waals surface area contributed by atoms with E-state index in [1.165, 1.54) is 0 Å². The van der Waals surface area contributed by atoms with E-state index in [0.717, 1.165) is 46.1 Å². The molecule has 1 aromatic heterocycles. The lowest BCUT2D eigenvalue weighted by Crippen LogP contribution is -2.36. The van der Waals surface area contributed by atoms with Gasteiger partial charge >= 0.3 is 0 Å². The molecular formula is C23H29N5O. The molecular weight excluding hydrogens is 362 g/mol. The second-order valence-electron chi connectivity index (χ2n) is 6.91. The normalized spacial score (nSPS) is 11.4. The van der Waals surface area contributed by atoms with Crippen LogP contribution < -0.4 is 20.3 Å². The molecule has 2 aromatic carbocycles. The number of benzene rings is 2. The number of hydrogen-bond acceptors (Lipinski definition) is 4. The molecule has 0 spiro atoms. The van der Waals surface area contributed by atoms with Gasteiger partial charge in [0, 0.05) is 38.1 Å². The minimum atomic E-state index is 0.561. The van der Waals surface area contributed by atoms with Gasteiger partial charge in [-0.05, 0) is 30.7 Å². The second-order valence-corrected chi connectivity index (χ2v) is 6.91. The van der Waals surface area contributed by atoms with E-state index in [0.29, 0.717) is 13.1 Å². The summed E-state index contributed by atoms with van der Waals surface area (Å²) in [6.07, 6.45) is 0. The van der Waals surface area contributed by atoms with Crippen LogP contribution in [0.1, 0.15) is 18.1 Å². The van der Waals surface area contributed by atoms with Crippen molar-refractivity contribution < 1.29 is 4.74 Å². The van der Waals surface area contributed by atoms with Gasteiger partial charge in [0.25, 0.3) is 0 Å². The molecule has 0 aliphatic carbocycles. The molecule has 6 nitrogen and oxygen atoms in total. The fraction of sp³-hybridized carbons (Fsp3) is 0.304. The maximum Gasteiger partial charge on any atom is 0.191 e. The monoisotopic (exact) mass is 391 g/mol. The van der Waals surface area contributed by atoms with E-state index in [1.807, 2.05) is 55.4 Å². The molecule has 0 saturated heterocycles. The Hall–Kier alpha value is -3.28. The summed E-state index contributed by atoms with van der Waals surface area (Å²) in [4.78, 5) is 11.6. The number of hydrogen-bond donors (Lipinski definition) is 2. The first-order chi connectivity index (χ1) is 14.1. The SMILES string of the molecule is CCNC(=NCc1cc(N(C)C)nc2ccccc12)NCc1ccccc1OC. The van der Waals surface area contributed by atoms with Gasteiger partial charge in [0.15, 0.2) is 5.96 Å². The Morgan fingerprint density at radius 2 is 1.79 bits per heavy atom. The van der Waals surface area contributed by atoms with Crippen molar-refractivity contribution in [2.24, 2.45) is 4.99 Å². The van der Waals surface area contributed by atoms with E-state index in [-0.39, 0.29) is 0 Å². The van der Waals surface area contributed by atoms with Crippen molar-refractivity contribution >= 4 is 22.7 Å². The van der Waals surface area contributed by atoms with E-state index in [2.05, 4.69) is 35.8 Å². The van der Waals surface area contributed by atoms with Gasteiger partial charge in [-0.25, -0.2) is 9.98 Å². The fourth-order valence-electron chi connectivity index (χ4n) is 3.13. The van der Waals surface area contributed by atoms with Gasteiger partial charge in [0.05, 0.1) is 19.2 Å². The highest BCUT2D eigenvalue weighted by atomic mass is 16.5. The summed E-state index contributed by atoms with van der Waals surface area (Å²) in [5.41, 5.74) is 3.22. The van der Waals surface area contributed by atoms with E-state index in [1.54, 1.807) is 7.11 Å². The molecule has 3 aromatic rings. The molecule has 0 amide bonds. The summed E-state index contributed by atoms with van der Waals surface area (Å²) in [6, 6.07) is 18.3. The maximum atomic E-state index is 5.44. The Morgan fingerprint density at radius 3 is 2.55 bits per heavy atom. The van der Waals surface area contributed by atoms with Crippen molar-refractivity contribution in [3.05, 3.63) is 65.7 Å². The number of pyridine rings is 1. The second kappa shape index (κ2) is 9.78. The zero-order valence-corrected chi connectivity index (χ0v) is 17.6. The smallest absolute Gasteiger partial charge is 0.191 e. The van der Waals surface area contributed by atoms with Crippen LogP contribution in [0.2, 0.25) is 0 Å². The predicted octanol–water partition coefficient (Wildman–Crippen LogP) is 3.56. The average molecular weight is 392 g/mol. The van der Waals surface area contributed by atoms with E-state index < -0.39 is 0 Å². The highest BCUT2D eigenvalue weighted by Gasteiger charge is 2.08. The molecule has 3 rings (SSSR count). The number of nitrogens with one attached hydrogen (secondary N) is 2. The molecule has 29 heavy (non-hydrogen) atoms. The molecule has 1 heterocycles. The average Bonchev–Trinajstić information content (AvgIpc) is 2.75. The van der Waals surface area contributed by atoms with Gasteiger partial charge in [-0.2, -0.15) is 0 Å². The molecule has 0 saturated carbocycles. The largest absolute Gasteiger partial charge is 0.496 e. The first-order valence-corrected chi connectivity index (χ1v) is 9.82. The molecule has 0 unspecified atom stereocenters. The van der Waals surface area contributed by atoms with Gasteiger partial charge in [-0.15, -0.1) is 0 Å². The lowest BCUT2D eigenvalue weighted by molar-refractivity contribution is 0.409. The van der Waals surface area contributed by atoms with Crippen LogP contribution in [0.25, 0.3) is 10.9 Å². The van der Waals surface area contributed by atoms with Crippen molar-refractivity contribution in [3.63, 3.8) is 0 Å². The third kappa shape index (κ3) is 5.16. The highest BCUT2D eigenvalue weighted by Crippen LogP contribution is 2.23. The minimum absolute atomic E-state index is 0.561. The Bertz CT molecular complexity index is 984. The minimum Gasteiger partial charge on any atom is -0.496 e. The van der Waals surface area contributed by atoms with Crippen LogP contribution in [-0.2, 0) is 13.1 Å². The number of aliphatic imine (C=N–C) groups is 1. The number of aromatic nitrogens is 1. The Balaban J connectivity index is 1.83. The molecule has 0 atom stereocenters. The van der Waals surface area contributed by atoms with Crippen molar-refractivity contribution in [1.29, 1.82) is 0 Å². The van der Waals surface area contributed by atoms with Crippen LogP contribution in [-0.4, -0.2) is 38.7 Å². The van der Waals surface area contributed by atoms with Gasteiger partial charge in [-0.3, -0.25) is 0 Å². The first kappa shape index (κ1) is 20.5. The summed E-state index contributed by atoms with van der Waals surface area (Å²) >= 11 is 0. The molecule has 0 aliphatic heterocycles. The summed E-state index contributed by atoms with van der Waals surface area (Å²) < 4.78 is 5.44. The molecule has 152 valence electrons. The molecule has 0 radical (unpaired) electrons.